The van der Waals surface area contributed by atoms with Crippen LogP contribution in [0.25, 0.3) is 0 Å². The summed E-state index contributed by atoms with van der Waals surface area (Å²) >= 11 is 6.10. The molecule has 1 amide bonds. The summed E-state index contributed by atoms with van der Waals surface area (Å²) in [6.45, 7) is 2.26. The normalized spacial score (nSPS) is 16.0. The van der Waals surface area contributed by atoms with E-state index in [4.69, 9.17) is 16.3 Å². The zero-order valence-corrected chi connectivity index (χ0v) is 16.7. The predicted molar refractivity (Wildman–Crippen MR) is 108 cm³/mol. The lowest BCUT2D eigenvalue weighted by Gasteiger charge is -2.28. The van der Waals surface area contributed by atoms with E-state index in [0.717, 1.165) is 12.0 Å². The summed E-state index contributed by atoms with van der Waals surface area (Å²) in [6.07, 6.45) is 1.46. The molecule has 27 heavy (non-hydrogen) atoms. The van der Waals surface area contributed by atoms with Crippen LogP contribution in [-0.2, 0) is 10.0 Å². The molecule has 1 fully saturated rings. The van der Waals surface area contributed by atoms with Gasteiger partial charge in [-0.3, -0.25) is 9.10 Å². The van der Waals surface area contributed by atoms with Gasteiger partial charge in [0.25, 0.3) is 5.91 Å². The minimum absolute atomic E-state index is 0.130. The van der Waals surface area contributed by atoms with Crippen LogP contribution in [0.3, 0.4) is 0 Å². The number of carbonyl (C=O) groups excluding carboxylic acids is 1. The molecule has 0 spiro atoms. The van der Waals surface area contributed by atoms with Crippen molar-refractivity contribution in [2.45, 2.75) is 19.8 Å². The zero-order chi connectivity index (χ0) is 19.6. The highest BCUT2D eigenvalue weighted by atomic mass is 35.5. The van der Waals surface area contributed by atoms with Gasteiger partial charge in [-0.2, -0.15) is 0 Å². The first kappa shape index (κ1) is 19.5. The Labute approximate surface area is 164 Å². The molecular formula is C19H21ClN2O4S. The van der Waals surface area contributed by atoms with Crippen molar-refractivity contribution < 1.29 is 17.9 Å². The van der Waals surface area contributed by atoms with Gasteiger partial charge in [-0.1, -0.05) is 17.7 Å². The predicted octanol–water partition coefficient (Wildman–Crippen LogP) is 3.84. The Morgan fingerprint density at radius 1 is 1.22 bits per heavy atom. The van der Waals surface area contributed by atoms with Crippen molar-refractivity contribution in [1.29, 1.82) is 0 Å². The van der Waals surface area contributed by atoms with Gasteiger partial charge in [-0.05, 0) is 49.6 Å². The molecule has 0 atom stereocenters. The lowest BCUT2D eigenvalue weighted by Crippen LogP contribution is -2.37. The number of sulfonamides is 1. The van der Waals surface area contributed by atoms with Gasteiger partial charge < -0.3 is 10.1 Å². The van der Waals surface area contributed by atoms with E-state index in [2.05, 4.69) is 5.32 Å². The van der Waals surface area contributed by atoms with Crippen LogP contribution in [0.4, 0.5) is 11.4 Å². The second-order valence-electron chi connectivity index (χ2n) is 6.40. The first-order valence-corrected chi connectivity index (χ1v) is 10.6. The van der Waals surface area contributed by atoms with Crippen molar-refractivity contribution in [3.8, 4) is 5.75 Å². The van der Waals surface area contributed by atoms with E-state index in [1.165, 1.54) is 11.4 Å². The highest BCUT2D eigenvalue weighted by molar-refractivity contribution is 7.92. The molecule has 0 aliphatic carbocycles. The second kappa shape index (κ2) is 7.78. The number of aryl methyl sites for hydroxylation is 1. The molecule has 1 aliphatic heterocycles. The Balaban J connectivity index is 1.87. The summed E-state index contributed by atoms with van der Waals surface area (Å²) in [6, 6.07) is 9.99. The van der Waals surface area contributed by atoms with E-state index in [9.17, 15) is 13.2 Å². The van der Waals surface area contributed by atoms with Gasteiger partial charge in [0.15, 0.2) is 0 Å². The molecule has 0 saturated carbocycles. The van der Waals surface area contributed by atoms with Crippen LogP contribution >= 0.6 is 11.6 Å². The summed E-state index contributed by atoms with van der Waals surface area (Å²) in [7, 11) is -1.83. The van der Waals surface area contributed by atoms with Crippen molar-refractivity contribution >= 4 is 38.9 Å². The van der Waals surface area contributed by atoms with Crippen LogP contribution in [0.5, 0.6) is 5.75 Å². The molecule has 144 valence electrons. The largest absolute Gasteiger partial charge is 0.495 e. The summed E-state index contributed by atoms with van der Waals surface area (Å²) < 4.78 is 31.3. The maximum atomic E-state index is 12.7. The average molecular weight is 409 g/mol. The fourth-order valence-electron chi connectivity index (χ4n) is 3.01. The summed E-state index contributed by atoms with van der Waals surface area (Å²) in [4.78, 5) is 12.7. The van der Waals surface area contributed by atoms with Crippen molar-refractivity contribution in [3.63, 3.8) is 0 Å². The van der Waals surface area contributed by atoms with E-state index in [1.54, 1.807) is 36.4 Å². The number of rotatable bonds is 4. The minimum atomic E-state index is -3.33. The molecule has 6 nitrogen and oxygen atoms in total. The molecule has 0 bridgehead atoms. The third kappa shape index (κ3) is 4.20. The fraction of sp³-hybridized carbons (Fsp3) is 0.316. The Morgan fingerprint density at radius 3 is 2.70 bits per heavy atom. The van der Waals surface area contributed by atoms with Gasteiger partial charge in [-0.25, -0.2) is 8.42 Å². The highest BCUT2D eigenvalue weighted by Crippen LogP contribution is 2.31. The second-order valence-corrected chi connectivity index (χ2v) is 8.82. The van der Waals surface area contributed by atoms with E-state index in [0.29, 0.717) is 40.7 Å². The van der Waals surface area contributed by atoms with Gasteiger partial charge in [0.1, 0.15) is 5.75 Å². The van der Waals surface area contributed by atoms with Crippen LogP contribution in [0.15, 0.2) is 36.4 Å². The number of halogens is 1. The van der Waals surface area contributed by atoms with Crippen molar-refractivity contribution in [2.24, 2.45) is 0 Å². The number of hydrogen-bond acceptors (Lipinski definition) is 4. The monoisotopic (exact) mass is 408 g/mol. The SMILES string of the molecule is COc1cc(Cl)c(C)cc1NC(=O)c1cccc(N2CCCCS2(=O)=O)c1. The molecule has 0 radical (unpaired) electrons. The van der Waals surface area contributed by atoms with Crippen LogP contribution in [0.1, 0.15) is 28.8 Å². The average Bonchev–Trinajstić information content (AvgIpc) is 2.64. The van der Waals surface area contributed by atoms with Crippen LogP contribution in [0.2, 0.25) is 5.02 Å². The first-order chi connectivity index (χ1) is 12.8. The molecule has 8 heteroatoms. The van der Waals surface area contributed by atoms with Gasteiger partial charge in [0.2, 0.25) is 10.0 Å². The molecule has 1 saturated heterocycles. The van der Waals surface area contributed by atoms with E-state index >= 15 is 0 Å². The lowest BCUT2D eigenvalue weighted by atomic mass is 10.1. The van der Waals surface area contributed by atoms with Crippen molar-refractivity contribution in [2.75, 3.05) is 29.0 Å². The molecule has 3 rings (SSSR count). The number of amides is 1. The van der Waals surface area contributed by atoms with Gasteiger partial charge >= 0.3 is 0 Å². The third-order valence-electron chi connectivity index (χ3n) is 4.47. The summed E-state index contributed by atoms with van der Waals surface area (Å²) in [5, 5.41) is 3.35. The van der Waals surface area contributed by atoms with E-state index in [-0.39, 0.29) is 11.7 Å². The van der Waals surface area contributed by atoms with Gasteiger partial charge in [0, 0.05) is 23.2 Å². The smallest absolute Gasteiger partial charge is 0.255 e. The van der Waals surface area contributed by atoms with E-state index < -0.39 is 10.0 Å². The maximum Gasteiger partial charge on any atom is 0.255 e. The summed E-state index contributed by atoms with van der Waals surface area (Å²) in [5.41, 5.74) is 2.17. The van der Waals surface area contributed by atoms with E-state index in [1.807, 2.05) is 6.92 Å². The number of carbonyl (C=O) groups is 1. The molecule has 1 aliphatic rings. The van der Waals surface area contributed by atoms with Crippen LogP contribution < -0.4 is 14.4 Å². The number of anilines is 2. The first-order valence-electron chi connectivity index (χ1n) is 8.58. The molecule has 1 N–H and O–H groups in total. The molecule has 0 unspecified atom stereocenters. The number of nitrogens with zero attached hydrogens (tertiary/aromatic N) is 1. The van der Waals surface area contributed by atoms with Crippen LogP contribution in [0, 0.1) is 6.92 Å². The number of nitrogens with one attached hydrogen (secondary N) is 1. The highest BCUT2D eigenvalue weighted by Gasteiger charge is 2.26. The Hall–Kier alpha value is -2.25. The fourth-order valence-corrected chi connectivity index (χ4v) is 4.79. The number of ether oxygens (including phenoxy) is 1. The molecule has 1 heterocycles. The van der Waals surface area contributed by atoms with Crippen LogP contribution in [-0.4, -0.2) is 33.7 Å². The zero-order valence-electron chi connectivity index (χ0n) is 15.2. The topological polar surface area (TPSA) is 75.7 Å². The van der Waals surface area contributed by atoms with Gasteiger partial charge in [-0.15, -0.1) is 0 Å². The quantitative estimate of drug-likeness (QED) is 0.833. The standard InChI is InChI=1S/C19H21ClN2O4S/c1-13-10-17(18(26-2)12-16(13)20)21-19(23)14-6-5-7-15(11-14)22-8-3-4-9-27(22,24)25/h5-7,10-12H,3-4,8-9H2,1-2H3,(H,21,23). The Bertz CT molecular complexity index is 976. The third-order valence-corrected chi connectivity index (χ3v) is 6.75. The number of benzene rings is 2. The number of hydrogen-bond donors (Lipinski definition) is 1. The lowest BCUT2D eigenvalue weighted by molar-refractivity contribution is 0.102. The minimum Gasteiger partial charge on any atom is -0.495 e. The maximum absolute atomic E-state index is 12.7. The molecule has 2 aromatic carbocycles. The molecule has 0 aromatic heterocycles. The van der Waals surface area contributed by atoms with Gasteiger partial charge in [0.05, 0.1) is 24.2 Å². The number of methoxy groups -OCH3 is 1. The Kier molecular flexibility index (Phi) is 5.62. The summed E-state index contributed by atoms with van der Waals surface area (Å²) in [5.74, 6) is 0.227. The van der Waals surface area contributed by atoms with Crippen molar-refractivity contribution in [1.82, 2.24) is 0 Å². The van der Waals surface area contributed by atoms with Crippen molar-refractivity contribution in [3.05, 3.63) is 52.5 Å². The molecular weight excluding hydrogens is 388 g/mol. The molecule has 2 aromatic rings. The Morgan fingerprint density at radius 2 is 2.00 bits per heavy atom.